The summed E-state index contributed by atoms with van der Waals surface area (Å²) in [5, 5.41) is 12.6. The lowest BCUT2D eigenvalue weighted by Crippen LogP contribution is -2.13. The molecule has 0 saturated heterocycles. The van der Waals surface area contributed by atoms with Gasteiger partial charge in [-0.3, -0.25) is 0 Å². The molecule has 0 amide bonds. The number of hydrogen-bond donors (Lipinski definition) is 1. The zero-order valence-electron chi connectivity index (χ0n) is 30.2. The van der Waals surface area contributed by atoms with Gasteiger partial charge in [0.15, 0.2) is 6.61 Å². The van der Waals surface area contributed by atoms with Crippen LogP contribution in [-0.2, 0) is 54.7 Å². The van der Waals surface area contributed by atoms with E-state index in [1.807, 2.05) is 13.0 Å². The van der Waals surface area contributed by atoms with E-state index in [2.05, 4.69) is 94.9 Å². The number of benzene rings is 4. The zero-order valence-corrected chi connectivity index (χ0v) is 30.2. The molecule has 0 spiro atoms. The van der Waals surface area contributed by atoms with E-state index >= 15 is 0 Å². The van der Waals surface area contributed by atoms with Crippen LogP contribution in [0.3, 0.4) is 0 Å². The molecule has 1 atom stereocenters. The van der Waals surface area contributed by atoms with Gasteiger partial charge in [0.25, 0.3) is 0 Å². The Morgan fingerprint density at radius 2 is 1.29 bits per heavy atom. The highest BCUT2D eigenvalue weighted by Crippen LogP contribution is 2.41. The van der Waals surface area contributed by atoms with Crippen LogP contribution in [0.15, 0.2) is 84.9 Å². The van der Waals surface area contributed by atoms with Gasteiger partial charge in [0.2, 0.25) is 0 Å². The molecule has 2 aliphatic rings. The fraction of sp³-hybridized carbons (Fsp3) is 0.341. The van der Waals surface area contributed by atoms with E-state index in [4.69, 9.17) is 14.2 Å². The highest BCUT2D eigenvalue weighted by Gasteiger charge is 2.25. The van der Waals surface area contributed by atoms with Gasteiger partial charge in [-0.25, -0.2) is 4.79 Å². The van der Waals surface area contributed by atoms with Gasteiger partial charge in [0, 0.05) is 35.2 Å². The third-order valence-electron chi connectivity index (χ3n) is 10.5. The largest absolute Gasteiger partial charge is 0.496 e. The zero-order chi connectivity index (χ0) is 35.5. The molecule has 7 heteroatoms. The smallest absolute Gasteiger partial charge is 0.343 e. The third-order valence-corrected chi connectivity index (χ3v) is 10.5. The number of nitrogens with zero attached hydrogens (tertiary/aromatic N) is 2. The SMILES string of the molecule is CCc1cc2c(OCC(=O)OC)cc3c(c2n1Cc1ccccc1)CCC3.COc1cc2c(c3c1cc(C(C)O)n3Cc1ccccc1)CCC2. The van der Waals surface area contributed by atoms with E-state index in [9.17, 15) is 9.90 Å². The summed E-state index contributed by atoms with van der Waals surface area (Å²) in [6.45, 7) is 5.58. The van der Waals surface area contributed by atoms with Gasteiger partial charge in [-0.2, -0.15) is 0 Å². The van der Waals surface area contributed by atoms with E-state index in [-0.39, 0.29) is 12.6 Å². The molecule has 51 heavy (non-hydrogen) atoms. The Kier molecular flexibility index (Phi) is 10.2. The van der Waals surface area contributed by atoms with Crippen LogP contribution in [0.5, 0.6) is 11.5 Å². The first-order valence-corrected chi connectivity index (χ1v) is 18.2. The average Bonchev–Trinajstić information content (AvgIpc) is 3.96. The van der Waals surface area contributed by atoms with Crippen LogP contribution >= 0.6 is 0 Å². The number of carbonyl (C=O) groups is 1. The maximum atomic E-state index is 11.6. The van der Waals surface area contributed by atoms with Gasteiger partial charge in [-0.1, -0.05) is 67.6 Å². The average molecular weight is 685 g/mol. The Hall–Kier alpha value is -5.01. The van der Waals surface area contributed by atoms with Crippen molar-refractivity contribution in [3.05, 3.63) is 130 Å². The number of aliphatic hydroxyl groups is 1. The van der Waals surface area contributed by atoms with E-state index in [1.165, 1.54) is 70.1 Å². The molecule has 0 aliphatic heterocycles. The van der Waals surface area contributed by atoms with Crippen LogP contribution in [0.2, 0.25) is 0 Å². The Morgan fingerprint density at radius 3 is 1.84 bits per heavy atom. The molecule has 2 aromatic heterocycles. The summed E-state index contributed by atoms with van der Waals surface area (Å²) in [6.07, 6.45) is 7.19. The molecular formula is C44H48N2O5. The van der Waals surface area contributed by atoms with E-state index < -0.39 is 6.10 Å². The van der Waals surface area contributed by atoms with Crippen molar-refractivity contribution < 1.29 is 24.1 Å². The number of carbonyl (C=O) groups excluding carboxylic acids is 1. The molecule has 0 saturated carbocycles. The van der Waals surface area contributed by atoms with Crippen LogP contribution in [0, 0.1) is 0 Å². The lowest BCUT2D eigenvalue weighted by Gasteiger charge is -2.15. The molecule has 1 N–H and O–H groups in total. The van der Waals surface area contributed by atoms with Crippen molar-refractivity contribution in [3.63, 3.8) is 0 Å². The highest BCUT2D eigenvalue weighted by atomic mass is 16.6. The summed E-state index contributed by atoms with van der Waals surface area (Å²) in [7, 11) is 3.11. The number of ether oxygens (including phenoxy) is 3. The minimum Gasteiger partial charge on any atom is -0.496 e. The summed E-state index contributed by atoms with van der Waals surface area (Å²) < 4.78 is 21.0. The molecule has 2 aliphatic carbocycles. The number of aromatic nitrogens is 2. The molecule has 0 bridgehead atoms. The van der Waals surface area contributed by atoms with Crippen molar-refractivity contribution in [1.82, 2.24) is 9.13 Å². The van der Waals surface area contributed by atoms with Crippen molar-refractivity contribution >= 4 is 27.8 Å². The minimum absolute atomic E-state index is 0.0598. The molecule has 6 aromatic rings. The fourth-order valence-electron chi connectivity index (χ4n) is 8.07. The molecule has 264 valence electrons. The van der Waals surface area contributed by atoms with Crippen molar-refractivity contribution in [3.8, 4) is 11.5 Å². The van der Waals surface area contributed by atoms with Gasteiger partial charge < -0.3 is 28.5 Å². The van der Waals surface area contributed by atoms with Crippen molar-refractivity contribution in [1.29, 1.82) is 0 Å². The molecule has 4 aromatic carbocycles. The van der Waals surface area contributed by atoms with Gasteiger partial charge in [-0.05, 0) is 110 Å². The predicted molar refractivity (Wildman–Crippen MR) is 203 cm³/mol. The summed E-state index contributed by atoms with van der Waals surface area (Å²) in [5.74, 6) is 1.35. The number of fused-ring (bicyclic) bond motifs is 6. The second kappa shape index (κ2) is 15.1. The van der Waals surface area contributed by atoms with E-state index in [1.54, 1.807) is 7.11 Å². The second-order valence-electron chi connectivity index (χ2n) is 13.7. The Balaban J connectivity index is 0.000000160. The fourth-order valence-corrected chi connectivity index (χ4v) is 8.07. The second-order valence-corrected chi connectivity index (χ2v) is 13.7. The maximum absolute atomic E-state index is 11.6. The third kappa shape index (κ3) is 6.87. The van der Waals surface area contributed by atoms with Crippen molar-refractivity contribution in [2.75, 3.05) is 20.8 Å². The quantitative estimate of drug-likeness (QED) is 0.147. The van der Waals surface area contributed by atoms with Gasteiger partial charge in [-0.15, -0.1) is 0 Å². The van der Waals surface area contributed by atoms with Crippen LogP contribution in [0.4, 0.5) is 0 Å². The minimum atomic E-state index is -0.511. The number of aliphatic hydroxyl groups excluding tert-OH is 1. The van der Waals surface area contributed by atoms with Gasteiger partial charge in [0.1, 0.15) is 11.5 Å². The topological polar surface area (TPSA) is 74.8 Å². The molecule has 7 nitrogen and oxygen atoms in total. The number of methoxy groups -OCH3 is 2. The van der Waals surface area contributed by atoms with Crippen LogP contribution in [0.1, 0.15) is 77.6 Å². The molecule has 8 rings (SSSR count). The standard InChI is InChI=1S/C23H25NO3.C21H23NO2/c1-3-18-13-20-21(27-15-22(25)26-2)12-17-10-7-11-19(17)23(20)24(18)14-16-8-5-4-6-9-16;1-14(23)19-12-18-20(24-2)11-16-9-6-10-17(16)21(18)22(19)13-15-7-4-3-5-8-15/h4-6,8-9,12-13H,3,7,10-11,14-15H2,1-2H3;3-5,7-8,11-12,14,23H,6,9-10,13H2,1-2H3. The number of rotatable bonds is 10. The summed E-state index contributed by atoms with van der Waals surface area (Å²) in [6, 6.07) is 29.6. The Labute approximate surface area is 300 Å². The molecular weight excluding hydrogens is 636 g/mol. The summed E-state index contributed by atoms with van der Waals surface area (Å²) in [4.78, 5) is 11.6. The number of esters is 1. The normalized spacial score (nSPS) is 13.8. The number of hydrogen-bond acceptors (Lipinski definition) is 5. The Bertz CT molecular complexity index is 2160. The molecule has 0 radical (unpaired) electrons. The Morgan fingerprint density at radius 1 is 0.745 bits per heavy atom. The molecule has 0 fully saturated rings. The number of aryl methyl sites for hydroxylation is 5. The van der Waals surface area contributed by atoms with Crippen LogP contribution in [0.25, 0.3) is 21.8 Å². The predicted octanol–water partition coefficient (Wildman–Crippen LogP) is 8.53. The van der Waals surface area contributed by atoms with E-state index in [0.29, 0.717) is 0 Å². The summed E-state index contributed by atoms with van der Waals surface area (Å²) >= 11 is 0. The molecule has 1 unspecified atom stereocenters. The van der Waals surface area contributed by atoms with Crippen LogP contribution in [-0.4, -0.2) is 41.0 Å². The van der Waals surface area contributed by atoms with E-state index in [0.717, 1.165) is 73.2 Å². The van der Waals surface area contributed by atoms with Crippen molar-refractivity contribution in [2.24, 2.45) is 0 Å². The monoisotopic (exact) mass is 684 g/mol. The van der Waals surface area contributed by atoms with Gasteiger partial charge in [0.05, 0.1) is 31.4 Å². The van der Waals surface area contributed by atoms with Gasteiger partial charge >= 0.3 is 5.97 Å². The first-order chi connectivity index (χ1) is 24.9. The maximum Gasteiger partial charge on any atom is 0.343 e. The van der Waals surface area contributed by atoms with Crippen LogP contribution < -0.4 is 9.47 Å². The lowest BCUT2D eigenvalue weighted by molar-refractivity contribution is -0.142. The summed E-state index contributed by atoms with van der Waals surface area (Å²) in [5.41, 5.74) is 12.9. The highest BCUT2D eigenvalue weighted by molar-refractivity contribution is 5.93. The molecule has 2 heterocycles. The first-order valence-electron chi connectivity index (χ1n) is 18.2. The lowest BCUT2D eigenvalue weighted by atomic mass is 10.1. The van der Waals surface area contributed by atoms with Crippen molar-refractivity contribution in [2.45, 2.75) is 78.0 Å². The first kappa shape index (κ1) is 34.4.